The summed E-state index contributed by atoms with van der Waals surface area (Å²) in [7, 11) is -4.73. The lowest BCUT2D eigenvalue weighted by atomic mass is 10.1. The van der Waals surface area contributed by atoms with Crippen molar-refractivity contribution < 1.29 is 47.8 Å². The molecule has 0 aromatic carbocycles. The molecule has 11 nitrogen and oxygen atoms in total. The van der Waals surface area contributed by atoms with Crippen LogP contribution in [0.4, 0.5) is 0 Å². The van der Waals surface area contributed by atoms with Crippen LogP contribution in [-0.2, 0) is 32.7 Å². The molecule has 3 unspecified atom stereocenters. The number of carbonyl (C=O) groups excluding carboxylic acids is 2. The molecule has 0 bridgehead atoms. The van der Waals surface area contributed by atoms with E-state index in [4.69, 9.17) is 13.8 Å². The number of amides is 1. The van der Waals surface area contributed by atoms with E-state index in [1.807, 2.05) is 6.92 Å². The number of hydrogen-bond donors (Lipinski definition) is 4. The third kappa shape index (κ3) is 31.0. The SMILES string of the molecule is CCCCC/C=C\C/C=C\CCCCCCCCCCCC(=O)OCC(O)COP(=O)(O)OCC(NC(=O)CCCCCC)C(=O)O. The Labute approximate surface area is 283 Å². The van der Waals surface area contributed by atoms with Crippen LogP contribution in [0.3, 0.4) is 0 Å². The summed E-state index contributed by atoms with van der Waals surface area (Å²) in [4.78, 5) is 45.1. The van der Waals surface area contributed by atoms with Gasteiger partial charge in [-0.3, -0.25) is 18.6 Å². The van der Waals surface area contributed by atoms with E-state index in [9.17, 15) is 34.1 Å². The van der Waals surface area contributed by atoms with E-state index >= 15 is 0 Å². The fourth-order valence-electron chi connectivity index (χ4n) is 4.64. The first kappa shape index (κ1) is 45.0. The van der Waals surface area contributed by atoms with Gasteiger partial charge in [-0.15, -0.1) is 0 Å². The van der Waals surface area contributed by atoms with Crippen molar-refractivity contribution in [3.8, 4) is 0 Å². The number of phosphoric acid groups is 1. The topological polar surface area (TPSA) is 169 Å². The predicted molar refractivity (Wildman–Crippen MR) is 185 cm³/mol. The fraction of sp³-hybridized carbons (Fsp3) is 0.800. The number of nitrogens with one attached hydrogen (secondary N) is 1. The molecule has 0 aliphatic carbocycles. The second-order valence-electron chi connectivity index (χ2n) is 12.1. The van der Waals surface area contributed by atoms with Gasteiger partial charge in [0.25, 0.3) is 0 Å². The van der Waals surface area contributed by atoms with E-state index in [0.29, 0.717) is 12.8 Å². The molecular formula is C35H64NO10P. The number of hydrogen-bond acceptors (Lipinski definition) is 8. The number of aliphatic hydroxyl groups is 1. The minimum atomic E-state index is -4.73. The fourth-order valence-corrected chi connectivity index (χ4v) is 5.41. The van der Waals surface area contributed by atoms with E-state index in [2.05, 4.69) is 36.5 Å². The Kier molecular flexibility index (Phi) is 29.9. The maximum atomic E-state index is 12.1. The average molecular weight is 690 g/mol. The van der Waals surface area contributed by atoms with Crippen LogP contribution in [0.15, 0.2) is 24.3 Å². The maximum absolute atomic E-state index is 12.1. The van der Waals surface area contributed by atoms with Gasteiger partial charge in [-0.2, -0.15) is 0 Å². The Morgan fingerprint density at radius 3 is 1.77 bits per heavy atom. The van der Waals surface area contributed by atoms with Gasteiger partial charge in [0.05, 0.1) is 13.2 Å². The number of carboxylic acids is 1. The Morgan fingerprint density at radius 1 is 0.681 bits per heavy atom. The van der Waals surface area contributed by atoms with Crippen LogP contribution in [0.1, 0.15) is 149 Å². The summed E-state index contributed by atoms with van der Waals surface area (Å²) in [6, 6.07) is -1.54. The van der Waals surface area contributed by atoms with Crippen molar-refractivity contribution in [2.75, 3.05) is 19.8 Å². The lowest BCUT2D eigenvalue weighted by Crippen LogP contribution is -2.43. The van der Waals surface area contributed by atoms with Crippen molar-refractivity contribution in [2.45, 2.75) is 161 Å². The number of carboxylic acid groups (broad SMARTS) is 1. The van der Waals surface area contributed by atoms with Crippen molar-refractivity contribution in [1.29, 1.82) is 0 Å². The highest BCUT2D eigenvalue weighted by atomic mass is 31.2. The van der Waals surface area contributed by atoms with E-state index < -0.39 is 57.6 Å². The number of allylic oxidation sites excluding steroid dienone is 4. The first-order valence-electron chi connectivity index (χ1n) is 17.9. The molecule has 274 valence electrons. The number of rotatable bonds is 33. The Hall–Kier alpha value is -2.04. The van der Waals surface area contributed by atoms with Crippen LogP contribution in [0.2, 0.25) is 0 Å². The van der Waals surface area contributed by atoms with Gasteiger partial charge < -0.3 is 25.2 Å². The predicted octanol–water partition coefficient (Wildman–Crippen LogP) is 7.94. The number of phosphoric ester groups is 1. The molecule has 0 fully saturated rings. The van der Waals surface area contributed by atoms with E-state index in [1.165, 1.54) is 57.8 Å². The van der Waals surface area contributed by atoms with Crippen LogP contribution in [-0.4, -0.2) is 64.9 Å². The zero-order valence-electron chi connectivity index (χ0n) is 29.1. The first-order chi connectivity index (χ1) is 22.6. The highest BCUT2D eigenvalue weighted by Gasteiger charge is 2.28. The van der Waals surface area contributed by atoms with Gasteiger partial charge in [-0.25, -0.2) is 9.36 Å². The minimum Gasteiger partial charge on any atom is -0.480 e. The van der Waals surface area contributed by atoms with E-state index in [1.54, 1.807) is 0 Å². The summed E-state index contributed by atoms with van der Waals surface area (Å²) in [5, 5.41) is 21.5. The van der Waals surface area contributed by atoms with Crippen molar-refractivity contribution in [2.24, 2.45) is 0 Å². The lowest BCUT2D eigenvalue weighted by Gasteiger charge is -2.18. The average Bonchev–Trinajstić information content (AvgIpc) is 3.04. The summed E-state index contributed by atoms with van der Waals surface area (Å²) in [6.45, 7) is 2.36. The van der Waals surface area contributed by atoms with Crippen LogP contribution >= 0.6 is 7.82 Å². The Balaban J connectivity index is 3.83. The van der Waals surface area contributed by atoms with Crippen LogP contribution < -0.4 is 5.32 Å². The molecular weight excluding hydrogens is 625 g/mol. The molecule has 0 saturated heterocycles. The molecule has 0 heterocycles. The molecule has 1 amide bonds. The minimum absolute atomic E-state index is 0.138. The summed E-state index contributed by atoms with van der Waals surface area (Å²) >= 11 is 0. The van der Waals surface area contributed by atoms with Crippen molar-refractivity contribution >= 4 is 25.7 Å². The zero-order chi connectivity index (χ0) is 35.0. The largest absolute Gasteiger partial charge is 0.480 e. The molecule has 0 radical (unpaired) electrons. The van der Waals surface area contributed by atoms with Crippen molar-refractivity contribution in [3.05, 3.63) is 24.3 Å². The Morgan fingerprint density at radius 2 is 1.17 bits per heavy atom. The number of unbranched alkanes of at least 4 members (excludes halogenated alkanes) is 15. The molecule has 0 rings (SSSR count). The monoisotopic (exact) mass is 689 g/mol. The van der Waals surface area contributed by atoms with Crippen LogP contribution in [0.25, 0.3) is 0 Å². The summed E-state index contributed by atoms with van der Waals surface area (Å²) in [5.74, 6) is -2.40. The number of aliphatic carboxylic acids is 1. The molecule has 47 heavy (non-hydrogen) atoms. The zero-order valence-corrected chi connectivity index (χ0v) is 30.0. The van der Waals surface area contributed by atoms with Gasteiger partial charge >= 0.3 is 19.8 Å². The number of carbonyl (C=O) groups is 3. The molecule has 0 aliphatic rings. The molecule has 0 aromatic heterocycles. The highest BCUT2D eigenvalue weighted by Crippen LogP contribution is 2.43. The molecule has 0 saturated carbocycles. The van der Waals surface area contributed by atoms with Gasteiger partial charge in [0.1, 0.15) is 12.7 Å². The second-order valence-corrected chi connectivity index (χ2v) is 13.5. The molecule has 4 N–H and O–H groups in total. The molecule has 0 spiro atoms. The summed E-state index contributed by atoms with van der Waals surface area (Å²) in [6.07, 6.45) is 28.7. The second kappa shape index (κ2) is 31.2. The van der Waals surface area contributed by atoms with E-state index in [0.717, 1.165) is 51.4 Å². The van der Waals surface area contributed by atoms with Gasteiger partial charge in [0.2, 0.25) is 5.91 Å². The molecule has 0 aromatic rings. The van der Waals surface area contributed by atoms with Gasteiger partial charge in [-0.05, 0) is 44.9 Å². The van der Waals surface area contributed by atoms with Crippen LogP contribution in [0.5, 0.6) is 0 Å². The van der Waals surface area contributed by atoms with Crippen molar-refractivity contribution in [3.63, 3.8) is 0 Å². The summed E-state index contributed by atoms with van der Waals surface area (Å²) in [5.41, 5.74) is 0. The van der Waals surface area contributed by atoms with Gasteiger partial charge in [0.15, 0.2) is 6.04 Å². The third-order valence-electron chi connectivity index (χ3n) is 7.49. The number of aliphatic hydroxyl groups excluding tert-OH is 1. The number of esters is 1. The Bertz CT molecular complexity index is 911. The quantitative estimate of drug-likeness (QED) is 0.0230. The molecule has 12 heteroatoms. The van der Waals surface area contributed by atoms with Gasteiger partial charge in [-0.1, -0.05) is 115 Å². The number of ether oxygens (including phenoxy) is 1. The molecule has 0 aliphatic heterocycles. The summed E-state index contributed by atoms with van der Waals surface area (Å²) < 4.78 is 26.5. The smallest absolute Gasteiger partial charge is 0.472 e. The standard InChI is InChI=1S/C35H64NO10P/c1-3-5-7-9-10-11-12-13-14-15-16-17-18-19-20-21-22-23-25-27-34(39)44-28-31(37)29-45-47(42,43)46-30-32(35(40)41)36-33(38)26-24-8-6-4-2/h10-11,13-14,31-32,37H,3-9,12,15-30H2,1-2H3,(H,36,38)(H,40,41)(H,42,43)/b11-10-,14-13-. The van der Waals surface area contributed by atoms with Crippen molar-refractivity contribution in [1.82, 2.24) is 5.32 Å². The highest BCUT2D eigenvalue weighted by molar-refractivity contribution is 7.47. The maximum Gasteiger partial charge on any atom is 0.472 e. The molecule has 3 atom stereocenters. The van der Waals surface area contributed by atoms with Gasteiger partial charge in [0, 0.05) is 12.8 Å². The normalized spacial score (nSPS) is 14.3. The lowest BCUT2D eigenvalue weighted by molar-refractivity contribution is -0.147. The first-order valence-corrected chi connectivity index (χ1v) is 19.4. The van der Waals surface area contributed by atoms with E-state index in [-0.39, 0.29) is 12.8 Å². The van der Waals surface area contributed by atoms with Crippen LogP contribution in [0, 0.1) is 0 Å². The third-order valence-corrected chi connectivity index (χ3v) is 8.44.